The van der Waals surface area contributed by atoms with Gasteiger partial charge in [0.25, 0.3) is 10.0 Å². The number of benzene rings is 2. The minimum absolute atomic E-state index is 0.227. The van der Waals surface area contributed by atoms with E-state index in [1.807, 2.05) is 6.92 Å². The third-order valence-corrected chi connectivity index (χ3v) is 5.27. The molecule has 2 aromatic carbocycles. The predicted octanol–water partition coefficient (Wildman–Crippen LogP) is 3.31. The van der Waals surface area contributed by atoms with Crippen molar-refractivity contribution >= 4 is 15.7 Å². The minimum atomic E-state index is -3.64. The molecule has 0 N–H and O–H groups in total. The number of sulfonamides is 1. The molecule has 0 aliphatic carbocycles. The van der Waals surface area contributed by atoms with Crippen molar-refractivity contribution in [3.8, 4) is 11.5 Å². The van der Waals surface area contributed by atoms with E-state index in [2.05, 4.69) is 0 Å². The maximum Gasteiger partial charge on any atom is 0.264 e. The first-order chi connectivity index (χ1) is 11.0. The summed E-state index contributed by atoms with van der Waals surface area (Å²) in [6.07, 6.45) is 0. The third-order valence-electron chi connectivity index (χ3n) is 3.35. The Hall–Kier alpha value is -2.21. The van der Waals surface area contributed by atoms with Crippen LogP contribution in [0.4, 0.5) is 5.69 Å². The van der Waals surface area contributed by atoms with Gasteiger partial charge in [0.05, 0.1) is 24.3 Å². The molecule has 23 heavy (non-hydrogen) atoms. The Labute approximate surface area is 137 Å². The first kappa shape index (κ1) is 17.1. The second-order valence-electron chi connectivity index (χ2n) is 4.78. The second-order valence-corrected chi connectivity index (χ2v) is 6.64. The highest BCUT2D eigenvalue weighted by atomic mass is 32.2. The van der Waals surface area contributed by atoms with Gasteiger partial charge in [-0.25, -0.2) is 8.42 Å². The van der Waals surface area contributed by atoms with E-state index in [1.54, 1.807) is 62.6 Å². The van der Waals surface area contributed by atoms with Crippen LogP contribution in [0.3, 0.4) is 0 Å². The molecule has 124 valence electrons. The van der Waals surface area contributed by atoms with Gasteiger partial charge in [0.1, 0.15) is 11.5 Å². The molecule has 2 aromatic rings. The number of methoxy groups -OCH3 is 1. The summed E-state index contributed by atoms with van der Waals surface area (Å²) in [5.74, 6) is 1.26. The molecule has 0 aliphatic rings. The molecule has 0 spiro atoms. The maximum absolute atomic E-state index is 12.9. The Bertz CT molecular complexity index is 741. The zero-order valence-electron chi connectivity index (χ0n) is 13.5. The largest absolute Gasteiger partial charge is 0.497 e. The molecular formula is C17H21NO4S. The predicted molar refractivity (Wildman–Crippen MR) is 90.8 cm³/mol. The van der Waals surface area contributed by atoms with Crippen LogP contribution in [0.1, 0.15) is 13.8 Å². The van der Waals surface area contributed by atoms with E-state index in [9.17, 15) is 8.42 Å². The zero-order chi connectivity index (χ0) is 16.9. The van der Waals surface area contributed by atoms with Gasteiger partial charge in [0.2, 0.25) is 0 Å². The van der Waals surface area contributed by atoms with Crippen molar-refractivity contribution in [2.45, 2.75) is 18.7 Å². The van der Waals surface area contributed by atoms with Crippen molar-refractivity contribution in [1.29, 1.82) is 0 Å². The lowest BCUT2D eigenvalue weighted by molar-refractivity contribution is 0.340. The van der Waals surface area contributed by atoms with Gasteiger partial charge in [-0.1, -0.05) is 6.07 Å². The third kappa shape index (κ3) is 3.76. The van der Waals surface area contributed by atoms with Crippen LogP contribution in [0.5, 0.6) is 11.5 Å². The molecule has 0 saturated carbocycles. The van der Waals surface area contributed by atoms with Gasteiger partial charge in [-0.15, -0.1) is 0 Å². The number of hydrogen-bond donors (Lipinski definition) is 0. The van der Waals surface area contributed by atoms with Crippen LogP contribution in [0.15, 0.2) is 53.4 Å². The Balaban J connectivity index is 2.38. The average molecular weight is 335 g/mol. The summed E-state index contributed by atoms with van der Waals surface area (Å²) >= 11 is 0. The highest BCUT2D eigenvalue weighted by Crippen LogP contribution is 2.27. The van der Waals surface area contributed by atoms with Gasteiger partial charge in [-0.2, -0.15) is 0 Å². The molecule has 0 atom stereocenters. The standard InChI is InChI=1S/C17H21NO4S/c1-4-18(14-7-6-8-16(13-14)21-3)23(19,20)17-11-9-15(10-12-17)22-5-2/h6-13H,4-5H2,1-3H3. The highest BCUT2D eigenvalue weighted by molar-refractivity contribution is 7.92. The van der Waals surface area contributed by atoms with Crippen LogP contribution in [-0.4, -0.2) is 28.7 Å². The van der Waals surface area contributed by atoms with Gasteiger partial charge in [-0.3, -0.25) is 4.31 Å². The van der Waals surface area contributed by atoms with Gasteiger partial charge in [-0.05, 0) is 50.2 Å². The molecule has 0 unspecified atom stereocenters. The Morgan fingerprint density at radius 3 is 2.26 bits per heavy atom. The molecule has 0 fully saturated rings. The average Bonchev–Trinajstić information content (AvgIpc) is 2.56. The van der Waals surface area contributed by atoms with Crippen molar-refractivity contribution < 1.29 is 17.9 Å². The Morgan fingerprint density at radius 2 is 1.70 bits per heavy atom. The van der Waals surface area contributed by atoms with E-state index in [4.69, 9.17) is 9.47 Å². The van der Waals surface area contributed by atoms with E-state index < -0.39 is 10.0 Å². The fourth-order valence-corrected chi connectivity index (χ4v) is 3.72. The van der Waals surface area contributed by atoms with Crippen molar-refractivity contribution in [3.63, 3.8) is 0 Å². The molecule has 0 aromatic heterocycles. The summed E-state index contributed by atoms with van der Waals surface area (Å²) in [4.78, 5) is 0.227. The van der Waals surface area contributed by atoms with Crippen LogP contribution in [0, 0.1) is 0 Å². The summed E-state index contributed by atoms with van der Waals surface area (Å²) in [6.45, 7) is 4.54. The van der Waals surface area contributed by atoms with Crippen molar-refractivity contribution in [2.24, 2.45) is 0 Å². The van der Waals surface area contributed by atoms with Gasteiger partial charge < -0.3 is 9.47 Å². The zero-order valence-corrected chi connectivity index (χ0v) is 14.3. The van der Waals surface area contributed by atoms with Crippen LogP contribution >= 0.6 is 0 Å². The molecule has 0 bridgehead atoms. The summed E-state index contributed by atoms with van der Waals surface area (Å²) in [5.41, 5.74) is 0.570. The van der Waals surface area contributed by atoms with Crippen LogP contribution < -0.4 is 13.8 Å². The van der Waals surface area contributed by atoms with Crippen LogP contribution in [0.25, 0.3) is 0 Å². The normalized spacial score (nSPS) is 11.1. The van der Waals surface area contributed by atoms with Crippen molar-refractivity contribution in [1.82, 2.24) is 0 Å². The number of hydrogen-bond acceptors (Lipinski definition) is 4. The summed E-state index contributed by atoms with van der Waals surface area (Å²) in [5, 5.41) is 0. The number of anilines is 1. The first-order valence-electron chi connectivity index (χ1n) is 7.42. The first-order valence-corrected chi connectivity index (χ1v) is 8.86. The smallest absolute Gasteiger partial charge is 0.264 e. The lowest BCUT2D eigenvalue weighted by atomic mass is 10.3. The Kier molecular flexibility index (Phi) is 5.50. The molecular weight excluding hydrogens is 314 g/mol. The van der Waals surface area contributed by atoms with Gasteiger partial charge in [0, 0.05) is 12.6 Å². The molecule has 0 aliphatic heterocycles. The summed E-state index contributed by atoms with van der Waals surface area (Å²) < 4.78 is 37.6. The molecule has 0 heterocycles. The number of nitrogens with zero attached hydrogens (tertiary/aromatic N) is 1. The van der Waals surface area contributed by atoms with E-state index in [0.29, 0.717) is 30.3 Å². The van der Waals surface area contributed by atoms with E-state index >= 15 is 0 Å². The topological polar surface area (TPSA) is 55.8 Å². The summed E-state index contributed by atoms with van der Waals surface area (Å²) in [7, 11) is -2.09. The molecule has 6 heteroatoms. The van der Waals surface area contributed by atoms with Crippen molar-refractivity contribution in [2.75, 3.05) is 24.6 Å². The minimum Gasteiger partial charge on any atom is -0.497 e. The Morgan fingerprint density at radius 1 is 1.00 bits per heavy atom. The molecule has 0 saturated heterocycles. The quantitative estimate of drug-likeness (QED) is 0.779. The fraction of sp³-hybridized carbons (Fsp3) is 0.294. The molecule has 2 rings (SSSR count). The molecule has 0 radical (unpaired) electrons. The van der Waals surface area contributed by atoms with Crippen LogP contribution in [0.2, 0.25) is 0 Å². The van der Waals surface area contributed by atoms with Crippen LogP contribution in [-0.2, 0) is 10.0 Å². The van der Waals surface area contributed by atoms with E-state index in [-0.39, 0.29) is 4.90 Å². The second kappa shape index (κ2) is 7.37. The number of rotatable bonds is 7. The lowest BCUT2D eigenvalue weighted by Gasteiger charge is -2.23. The van der Waals surface area contributed by atoms with Gasteiger partial charge in [0.15, 0.2) is 0 Å². The lowest BCUT2D eigenvalue weighted by Crippen LogP contribution is -2.30. The van der Waals surface area contributed by atoms with E-state index in [1.165, 1.54) is 4.31 Å². The SMILES string of the molecule is CCOc1ccc(S(=O)(=O)N(CC)c2cccc(OC)c2)cc1. The van der Waals surface area contributed by atoms with E-state index in [0.717, 1.165) is 0 Å². The fourth-order valence-electron chi connectivity index (χ4n) is 2.26. The van der Waals surface area contributed by atoms with Gasteiger partial charge >= 0.3 is 0 Å². The van der Waals surface area contributed by atoms with Crippen molar-refractivity contribution in [3.05, 3.63) is 48.5 Å². The summed E-state index contributed by atoms with van der Waals surface area (Å²) in [6, 6.07) is 13.4. The maximum atomic E-state index is 12.9. The number of ether oxygens (including phenoxy) is 2. The molecule has 0 amide bonds. The highest BCUT2D eigenvalue weighted by Gasteiger charge is 2.23. The molecule has 5 nitrogen and oxygen atoms in total. The monoisotopic (exact) mass is 335 g/mol.